The summed E-state index contributed by atoms with van der Waals surface area (Å²) < 4.78 is 1.62. The maximum atomic E-state index is 12.2. The average molecular weight is 333 g/mol. The first-order valence-electron chi connectivity index (χ1n) is 6.16. The Balaban J connectivity index is 1.95. The highest BCUT2D eigenvalue weighted by molar-refractivity contribution is 7.71. The van der Waals surface area contributed by atoms with Crippen molar-refractivity contribution >= 4 is 29.7 Å². The zero-order valence-corrected chi connectivity index (χ0v) is 12.6. The van der Waals surface area contributed by atoms with Crippen LogP contribution >= 0.6 is 23.8 Å². The molecule has 3 aromatic rings. The van der Waals surface area contributed by atoms with Crippen molar-refractivity contribution in [1.82, 2.24) is 24.8 Å². The Kier molecular flexibility index (Phi) is 3.94. The normalized spacial score (nSPS) is 10.4. The van der Waals surface area contributed by atoms with Crippen molar-refractivity contribution in [2.24, 2.45) is 0 Å². The number of nitrogens with one attached hydrogen (secondary N) is 2. The van der Waals surface area contributed by atoms with Gasteiger partial charge in [0, 0.05) is 23.0 Å². The third-order valence-electron chi connectivity index (χ3n) is 2.78. The molecule has 1 aromatic carbocycles. The Hall–Kier alpha value is -2.58. The largest absolute Gasteiger partial charge is 0.290 e. The second kappa shape index (κ2) is 6.04. The molecule has 0 aliphatic carbocycles. The van der Waals surface area contributed by atoms with Crippen molar-refractivity contribution < 1.29 is 4.79 Å². The highest BCUT2D eigenvalue weighted by Gasteiger charge is 2.13. The Bertz CT molecular complexity index is 858. The maximum absolute atomic E-state index is 12.2. The number of aromatic amines is 1. The van der Waals surface area contributed by atoms with E-state index in [0.29, 0.717) is 10.8 Å². The summed E-state index contributed by atoms with van der Waals surface area (Å²) in [5.41, 5.74) is 3.55. The molecule has 0 bridgehead atoms. The van der Waals surface area contributed by atoms with Gasteiger partial charge in [-0.25, -0.2) is 14.8 Å². The van der Waals surface area contributed by atoms with Gasteiger partial charge in [0.05, 0.1) is 6.20 Å². The standard InChI is InChI=1S/C13H9ClN6OS/c14-9-3-1-8(2-4-9)11-17-18-13(22)20(11)19-12(21)10-7-15-5-6-16-10/h1-7H,(H,18,22)(H,19,21). The molecule has 3 rings (SSSR count). The fourth-order valence-electron chi connectivity index (χ4n) is 1.77. The summed E-state index contributed by atoms with van der Waals surface area (Å²) in [4.78, 5) is 19.9. The van der Waals surface area contributed by atoms with Crippen molar-refractivity contribution in [1.29, 1.82) is 0 Å². The minimum Gasteiger partial charge on any atom is -0.266 e. The Morgan fingerprint density at radius 1 is 1.27 bits per heavy atom. The van der Waals surface area contributed by atoms with Gasteiger partial charge >= 0.3 is 0 Å². The summed E-state index contributed by atoms with van der Waals surface area (Å²) in [5, 5.41) is 7.36. The molecule has 9 heteroatoms. The third kappa shape index (κ3) is 2.87. The Morgan fingerprint density at radius 2 is 2.05 bits per heavy atom. The first-order chi connectivity index (χ1) is 10.6. The Labute approximate surface area is 135 Å². The number of halogens is 1. The summed E-state index contributed by atoms with van der Waals surface area (Å²) in [7, 11) is 0. The first-order valence-corrected chi connectivity index (χ1v) is 6.94. The molecule has 0 aliphatic rings. The summed E-state index contributed by atoms with van der Waals surface area (Å²) in [6.45, 7) is 0. The number of benzene rings is 1. The van der Waals surface area contributed by atoms with E-state index in [4.69, 9.17) is 23.8 Å². The minimum absolute atomic E-state index is 0.174. The van der Waals surface area contributed by atoms with E-state index in [9.17, 15) is 4.79 Å². The highest BCUT2D eigenvalue weighted by Crippen LogP contribution is 2.19. The van der Waals surface area contributed by atoms with Crippen molar-refractivity contribution in [3.05, 3.63) is 58.3 Å². The summed E-state index contributed by atoms with van der Waals surface area (Å²) in [5.74, 6) is 0.0136. The minimum atomic E-state index is -0.444. The predicted molar refractivity (Wildman–Crippen MR) is 83.6 cm³/mol. The molecule has 0 saturated heterocycles. The summed E-state index contributed by atoms with van der Waals surface area (Å²) >= 11 is 11.0. The van der Waals surface area contributed by atoms with Gasteiger partial charge in [0.25, 0.3) is 5.91 Å². The van der Waals surface area contributed by atoms with Gasteiger partial charge in [-0.15, -0.1) is 0 Å². The lowest BCUT2D eigenvalue weighted by molar-refractivity contribution is 0.100. The van der Waals surface area contributed by atoms with E-state index in [0.717, 1.165) is 5.56 Å². The van der Waals surface area contributed by atoms with Crippen LogP contribution in [0.4, 0.5) is 0 Å². The van der Waals surface area contributed by atoms with Crippen LogP contribution in [0.1, 0.15) is 10.5 Å². The molecular weight excluding hydrogens is 324 g/mol. The molecule has 110 valence electrons. The topological polar surface area (TPSA) is 88.5 Å². The molecule has 0 unspecified atom stereocenters. The van der Waals surface area contributed by atoms with Crippen molar-refractivity contribution in [2.45, 2.75) is 0 Å². The van der Waals surface area contributed by atoms with Crippen molar-refractivity contribution in [2.75, 3.05) is 5.43 Å². The SMILES string of the molecule is O=C(Nn1c(-c2ccc(Cl)cc2)n[nH]c1=S)c1cnccn1. The number of nitrogens with zero attached hydrogens (tertiary/aromatic N) is 4. The van der Waals surface area contributed by atoms with E-state index in [2.05, 4.69) is 25.6 Å². The van der Waals surface area contributed by atoms with E-state index in [1.807, 2.05) is 0 Å². The molecule has 2 aromatic heterocycles. The molecular formula is C13H9ClN6OS. The second-order valence-corrected chi connectivity index (χ2v) is 5.05. The molecule has 1 amide bonds. The molecule has 0 fully saturated rings. The monoisotopic (exact) mass is 332 g/mol. The molecule has 0 atom stereocenters. The van der Waals surface area contributed by atoms with Crippen LogP contribution in [0.3, 0.4) is 0 Å². The van der Waals surface area contributed by atoms with Gasteiger partial charge in [-0.3, -0.25) is 15.2 Å². The summed E-state index contributed by atoms with van der Waals surface area (Å²) in [6, 6.07) is 7.00. The van der Waals surface area contributed by atoms with Crippen LogP contribution in [-0.2, 0) is 0 Å². The lowest BCUT2D eigenvalue weighted by atomic mass is 10.2. The van der Waals surface area contributed by atoms with Gasteiger partial charge in [-0.2, -0.15) is 5.10 Å². The van der Waals surface area contributed by atoms with Gasteiger partial charge in [0.1, 0.15) is 5.69 Å². The summed E-state index contributed by atoms with van der Waals surface area (Å²) in [6.07, 6.45) is 4.28. The number of aromatic nitrogens is 5. The molecule has 2 N–H and O–H groups in total. The van der Waals surface area contributed by atoms with Gasteiger partial charge in [-0.05, 0) is 36.5 Å². The molecule has 0 saturated carbocycles. The number of hydrogen-bond acceptors (Lipinski definition) is 5. The molecule has 0 radical (unpaired) electrons. The second-order valence-electron chi connectivity index (χ2n) is 4.23. The lowest BCUT2D eigenvalue weighted by Gasteiger charge is -2.08. The number of rotatable bonds is 3. The van der Waals surface area contributed by atoms with E-state index in [-0.39, 0.29) is 10.5 Å². The van der Waals surface area contributed by atoms with E-state index in [1.54, 1.807) is 24.3 Å². The molecule has 0 spiro atoms. The third-order valence-corrected chi connectivity index (χ3v) is 3.31. The van der Waals surface area contributed by atoms with Crippen LogP contribution in [0.25, 0.3) is 11.4 Å². The van der Waals surface area contributed by atoms with Crippen molar-refractivity contribution in [3.63, 3.8) is 0 Å². The van der Waals surface area contributed by atoms with E-state index in [1.165, 1.54) is 23.3 Å². The van der Waals surface area contributed by atoms with Gasteiger partial charge < -0.3 is 0 Å². The van der Waals surface area contributed by atoms with Crippen LogP contribution < -0.4 is 5.43 Å². The van der Waals surface area contributed by atoms with Gasteiger partial charge in [0.15, 0.2) is 5.82 Å². The van der Waals surface area contributed by atoms with Crippen LogP contribution in [0, 0.1) is 4.77 Å². The molecule has 7 nitrogen and oxygen atoms in total. The quantitative estimate of drug-likeness (QED) is 0.719. The predicted octanol–water partition coefficient (Wildman–Crippen LogP) is 2.43. The first kappa shape index (κ1) is 14.4. The zero-order chi connectivity index (χ0) is 15.5. The average Bonchev–Trinajstić information content (AvgIpc) is 2.90. The molecule has 0 aliphatic heterocycles. The number of hydrogen-bond donors (Lipinski definition) is 2. The van der Waals surface area contributed by atoms with E-state index >= 15 is 0 Å². The zero-order valence-electron chi connectivity index (χ0n) is 11.0. The van der Waals surface area contributed by atoms with Gasteiger partial charge in [0.2, 0.25) is 4.77 Å². The van der Waals surface area contributed by atoms with Crippen LogP contribution in [0.15, 0.2) is 42.9 Å². The fourth-order valence-corrected chi connectivity index (χ4v) is 2.07. The van der Waals surface area contributed by atoms with Crippen LogP contribution in [-0.4, -0.2) is 30.7 Å². The fraction of sp³-hybridized carbons (Fsp3) is 0. The van der Waals surface area contributed by atoms with Gasteiger partial charge in [-0.1, -0.05) is 11.6 Å². The molecule has 22 heavy (non-hydrogen) atoms. The van der Waals surface area contributed by atoms with Crippen molar-refractivity contribution in [3.8, 4) is 11.4 Å². The van der Waals surface area contributed by atoms with Crippen LogP contribution in [0.5, 0.6) is 0 Å². The number of carbonyl (C=O) groups excluding carboxylic acids is 1. The highest BCUT2D eigenvalue weighted by atomic mass is 35.5. The maximum Gasteiger partial charge on any atom is 0.290 e. The Morgan fingerprint density at radius 3 is 2.73 bits per heavy atom. The van der Waals surface area contributed by atoms with E-state index < -0.39 is 5.91 Å². The number of carbonyl (C=O) groups is 1. The number of amides is 1. The smallest absolute Gasteiger partial charge is 0.266 e. The molecule has 2 heterocycles. The number of H-pyrrole nitrogens is 1. The van der Waals surface area contributed by atoms with Crippen LogP contribution in [0.2, 0.25) is 5.02 Å². The lowest BCUT2D eigenvalue weighted by Crippen LogP contribution is -2.24.